The molecule has 0 spiro atoms. The molecule has 1 aliphatic heterocycles. The van der Waals surface area contributed by atoms with Gasteiger partial charge in [0.15, 0.2) is 23.0 Å². The van der Waals surface area contributed by atoms with Crippen LogP contribution in [0.1, 0.15) is 22.7 Å². The zero-order valence-corrected chi connectivity index (χ0v) is 19.8. The van der Waals surface area contributed by atoms with Gasteiger partial charge in [-0.15, -0.1) is 0 Å². The van der Waals surface area contributed by atoms with Gasteiger partial charge in [0.05, 0.1) is 27.2 Å². The standard InChI is InChI=1S/C25H21N3O9/c1-33-16-9-11(4-6-14(16)29)8-13-23(31)36-21-19(24(32)35-3)18(12-5-7-15(30)17(10-12)34-2)20-22(28(13)21)37-25(26)27-20/h4-10,18,29-30H,1-3H3,(H2,26,27)/b13-8-. The van der Waals surface area contributed by atoms with Crippen LogP contribution in [-0.2, 0) is 9.53 Å². The predicted molar refractivity (Wildman–Crippen MR) is 128 cm³/mol. The number of aromatic hydroxyl groups is 2. The van der Waals surface area contributed by atoms with Gasteiger partial charge in [-0.2, -0.15) is 4.98 Å². The first-order chi connectivity index (χ1) is 17.8. The smallest absolute Gasteiger partial charge is 0.362 e. The van der Waals surface area contributed by atoms with Crippen LogP contribution < -0.4 is 31.7 Å². The Morgan fingerprint density at radius 2 is 1.73 bits per heavy atom. The monoisotopic (exact) mass is 507 g/mol. The SMILES string of the molecule is COC(=O)C1=c2oc(=O)/c(=C/c3ccc(O)c(OC)c3)n2-c2oc(N)nc2C1c1ccc(O)c(OC)c1. The molecule has 0 saturated heterocycles. The quantitative estimate of drug-likeness (QED) is 0.325. The number of nitrogen functional groups attached to an aromatic ring is 1. The van der Waals surface area contributed by atoms with Crippen LogP contribution in [0.2, 0.25) is 0 Å². The van der Waals surface area contributed by atoms with E-state index in [2.05, 4.69) is 4.98 Å². The molecule has 1 aliphatic rings. The van der Waals surface area contributed by atoms with Crippen molar-refractivity contribution < 1.29 is 38.1 Å². The maximum atomic E-state index is 13.1. The number of benzene rings is 2. The number of phenols is 2. The largest absolute Gasteiger partial charge is 0.504 e. The molecule has 37 heavy (non-hydrogen) atoms. The number of anilines is 1. The van der Waals surface area contributed by atoms with Crippen molar-refractivity contribution in [1.29, 1.82) is 0 Å². The number of hydrogen-bond acceptors (Lipinski definition) is 11. The molecule has 2 aromatic carbocycles. The van der Waals surface area contributed by atoms with Crippen molar-refractivity contribution in [2.24, 2.45) is 0 Å². The second-order valence-corrected chi connectivity index (χ2v) is 8.00. The lowest BCUT2D eigenvalue weighted by Gasteiger charge is -2.22. The summed E-state index contributed by atoms with van der Waals surface area (Å²) in [6, 6.07) is 8.75. The number of aromatic nitrogens is 2. The van der Waals surface area contributed by atoms with Crippen molar-refractivity contribution in [1.82, 2.24) is 9.55 Å². The number of carbonyl (C=O) groups is 1. The van der Waals surface area contributed by atoms with Gasteiger partial charge < -0.3 is 39.0 Å². The number of methoxy groups -OCH3 is 3. The van der Waals surface area contributed by atoms with E-state index in [1.165, 1.54) is 56.2 Å². The van der Waals surface area contributed by atoms with E-state index >= 15 is 0 Å². The van der Waals surface area contributed by atoms with Crippen LogP contribution in [0.5, 0.6) is 23.0 Å². The first kappa shape index (κ1) is 23.6. The molecule has 0 radical (unpaired) electrons. The summed E-state index contributed by atoms with van der Waals surface area (Å²) in [5, 5.41) is 20.0. The number of nitrogens with zero attached hydrogens (tertiary/aromatic N) is 2. The fourth-order valence-corrected chi connectivity index (χ4v) is 4.29. The Bertz CT molecular complexity index is 1730. The molecule has 12 heteroatoms. The van der Waals surface area contributed by atoms with E-state index in [9.17, 15) is 19.8 Å². The normalized spacial score (nSPS) is 14.7. The highest BCUT2D eigenvalue weighted by molar-refractivity contribution is 6.12. The summed E-state index contributed by atoms with van der Waals surface area (Å²) in [6.07, 6.45) is 1.47. The molecule has 0 bridgehead atoms. The highest BCUT2D eigenvalue weighted by atomic mass is 16.5. The van der Waals surface area contributed by atoms with Crippen molar-refractivity contribution >= 4 is 23.6 Å². The Morgan fingerprint density at radius 1 is 1.05 bits per heavy atom. The van der Waals surface area contributed by atoms with Crippen LogP contribution in [0.15, 0.2) is 50.0 Å². The number of carbonyl (C=O) groups excluding carboxylic acids is 1. The molecular formula is C25H21N3O9. The Hall–Kier alpha value is -5.13. The summed E-state index contributed by atoms with van der Waals surface area (Å²) >= 11 is 0. The van der Waals surface area contributed by atoms with Gasteiger partial charge in [-0.3, -0.25) is 0 Å². The molecule has 2 aromatic heterocycles. The minimum absolute atomic E-state index is 0.0108. The second kappa shape index (κ2) is 8.82. The van der Waals surface area contributed by atoms with E-state index in [0.29, 0.717) is 11.1 Å². The van der Waals surface area contributed by atoms with Gasteiger partial charge >= 0.3 is 11.6 Å². The summed E-state index contributed by atoms with van der Waals surface area (Å²) in [5.74, 6) is -1.52. The summed E-state index contributed by atoms with van der Waals surface area (Å²) in [5.41, 5.74) is 6.10. The minimum atomic E-state index is -0.940. The average Bonchev–Trinajstić information content (AvgIpc) is 3.43. The predicted octanol–water partition coefficient (Wildman–Crippen LogP) is 0.727. The number of esters is 1. The van der Waals surface area contributed by atoms with Crippen LogP contribution in [0.4, 0.5) is 6.01 Å². The number of ether oxygens (including phenoxy) is 3. The zero-order chi connectivity index (χ0) is 26.4. The van der Waals surface area contributed by atoms with Gasteiger partial charge in [0.25, 0.3) is 6.01 Å². The average molecular weight is 507 g/mol. The molecule has 4 N–H and O–H groups in total. The fraction of sp³-hybridized carbons (Fsp3) is 0.160. The van der Waals surface area contributed by atoms with Gasteiger partial charge in [-0.25, -0.2) is 14.2 Å². The van der Waals surface area contributed by atoms with Gasteiger partial charge in [0, 0.05) is 0 Å². The maximum Gasteiger partial charge on any atom is 0.362 e. The third-order valence-corrected chi connectivity index (χ3v) is 5.94. The van der Waals surface area contributed by atoms with Gasteiger partial charge in [0.2, 0.25) is 11.4 Å². The lowest BCUT2D eigenvalue weighted by Crippen LogP contribution is -2.37. The second-order valence-electron chi connectivity index (χ2n) is 8.00. The molecule has 190 valence electrons. The minimum Gasteiger partial charge on any atom is -0.504 e. The Morgan fingerprint density at radius 3 is 2.41 bits per heavy atom. The van der Waals surface area contributed by atoms with Gasteiger partial charge in [-0.05, 0) is 41.5 Å². The molecule has 0 saturated carbocycles. The third-order valence-electron chi connectivity index (χ3n) is 5.94. The zero-order valence-electron chi connectivity index (χ0n) is 19.8. The number of fused-ring (bicyclic) bond motifs is 3. The lowest BCUT2D eigenvalue weighted by atomic mass is 9.86. The van der Waals surface area contributed by atoms with Crippen LogP contribution in [-0.4, -0.2) is 47.1 Å². The highest BCUT2D eigenvalue weighted by Crippen LogP contribution is 2.41. The molecule has 0 aliphatic carbocycles. The first-order valence-corrected chi connectivity index (χ1v) is 10.8. The van der Waals surface area contributed by atoms with Crippen LogP contribution in [0, 0.1) is 0 Å². The lowest BCUT2D eigenvalue weighted by molar-refractivity contribution is -0.134. The number of nitrogens with two attached hydrogens (primary N) is 1. The Balaban J connectivity index is 1.88. The van der Waals surface area contributed by atoms with Crippen molar-refractivity contribution in [3.63, 3.8) is 0 Å². The molecule has 1 unspecified atom stereocenters. The van der Waals surface area contributed by atoms with Crippen molar-refractivity contribution in [3.05, 3.63) is 74.5 Å². The summed E-state index contributed by atoms with van der Waals surface area (Å²) in [4.78, 5) is 30.5. The Labute approximate surface area is 208 Å². The number of phenolic OH excluding ortho intramolecular Hbond substituents is 2. The molecular weight excluding hydrogens is 486 g/mol. The van der Waals surface area contributed by atoms with Crippen LogP contribution in [0.3, 0.4) is 0 Å². The maximum absolute atomic E-state index is 13.1. The van der Waals surface area contributed by atoms with E-state index in [4.69, 9.17) is 28.8 Å². The molecule has 0 fully saturated rings. The molecule has 12 nitrogen and oxygen atoms in total. The summed E-state index contributed by atoms with van der Waals surface area (Å²) in [6.45, 7) is 0. The fourth-order valence-electron chi connectivity index (χ4n) is 4.29. The van der Waals surface area contributed by atoms with Crippen LogP contribution in [0.25, 0.3) is 17.5 Å². The third kappa shape index (κ3) is 3.75. The Kier molecular flexibility index (Phi) is 5.63. The summed E-state index contributed by atoms with van der Waals surface area (Å²) < 4.78 is 27.9. The van der Waals surface area contributed by atoms with Crippen molar-refractivity contribution in [2.75, 3.05) is 27.1 Å². The molecule has 1 atom stereocenters. The number of hydrogen-bond donors (Lipinski definition) is 3. The van der Waals surface area contributed by atoms with Crippen molar-refractivity contribution in [3.8, 4) is 28.9 Å². The highest BCUT2D eigenvalue weighted by Gasteiger charge is 2.39. The summed E-state index contributed by atoms with van der Waals surface area (Å²) in [7, 11) is 3.97. The van der Waals surface area contributed by atoms with Gasteiger partial charge in [0.1, 0.15) is 16.6 Å². The molecule has 0 amide bonds. The topological polar surface area (TPSA) is 172 Å². The van der Waals surface area contributed by atoms with E-state index < -0.39 is 17.5 Å². The first-order valence-electron chi connectivity index (χ1n) is 10.8. The van der Waals surface area contributed by atoms with Crippen molar-refractivity contribution in [2.45, 2.75) is 5.92 Å². The van der Waals surface area contributed by atoms with E-state index in [1.54, 1.807) is 12.1 Å². The number of rotatable bonds is 5. The van der Waals surface area contributed by atoms with E-state index in [-0.39, 0.29) is 57.1 Å². The van der Waals surface area contributed by atoms with Crippen LogP contribution >= 0.6 is 0 Å². The number of oxazole rings is 2. The van der Waals surface area contributed by atoms with E-state index in [1.807, 2.05) is 0 Å². The van der Waals surface area contributed by atoms with Gasteiger partial charge in [-0.1, -0.05) is 12.1 Å². The van der Waals surface area contributed by atoms with E-state index in [0.717, 1.165) is 0 Å². The molecule has 3 heterocycles. The molecule has 4 aromatic rings. The molecule has 5 rings (SSSR count).